The van der Waals surface area contributed by atoms with Gasteiger partial charge in [0.15, 0.2) is 0 Å². The summed E-state index contributed by atoms with van der Waals surface area (Å²) in [6, 6.07) is 10.9. The lowest BCUT2D eigenvalue weighted by Crippen LogP contribution is -2.17. The number of aryl methyl sites for hydroxylation is 2. The van der Waals surface area contributed by atoms with Crippen LogP contribution in [-0.2, 0) is 22.3 Å². The second-order valence-corrected chi connectivity index (χ2v) is 6.73. The zero-order valence-corrected chi connectivity index (χ0v) is 12.9. The Morgan fingerprint density at radius 3 is 2.43 bits per heavy atom. The van der Waals surface area contributed by atoms with Crippen LogP contribution in [-0.4, -0.2) is 13.4 Å². The van der Waals surface area contributed by atoms with Crippen molar-refractivity contribution in [2.75, 3.05) is 4.72 Å². The molecule has 1 heterocycles. The number of sulfonamides is 1. The smallest absolute Gasteiger partial charge is 0.238 e. The number of anilines is 1. The Kier molecular flexibility index (Phi) is 4.59. The average Bonchev–Trinajstić information content (AvgIpc) is 2.36. The number of nitrogens with two attached hydrogens (primary N) is 1. The van der Waals surface area contributed by atoms with Gasteiger partial charge in [0.25, 0.3) is 0 Å². The van der Waals surface area contributed by atoms with E-state index in [1.165, 1.54) is 0 Å². The summed E-state index contributed by atoms with van der Waals surface area (Å²) in [4.78, 5) is 4.19. The van der Waals surface area contributed by atoms with Gasteiger partial charge in [0.2, 0.25) is 10.0 Å². The fourth-order valence-corrected chi connectivity index (χ4v) is 3.38. The number of benzene rings is 1. The maximum Gasteiger partial charge on any atom is 0.238 e. The van der Waals surface area contributed by atoms with Crippen LogP contribution in [0.3, 0.4) is 0 Å². The van der Waals surface area contributed by atoms with Gasteiger partial charge in [-0.2, -0.15) is 0 Å². The topological polar surface area (TPSA) is 85.1 Å². The van der Waals surface area contributed by atoms with E-state index in [1.54, 1.807) is 18.2 Å². The predicted molar refractivity (Wildman–Crippen MR) is 84.3 cm³/mol. The van der Waals surface area contributed by atoms with Crippen molar-refractivity contribution in [3.8, 4) is 0 Å². The molecule has 1 aromatic carbocycles. The van der Waals surface area contributed by atoms with Gasteiger partial charge < -0.3 is 5.73 Å². The first kappa shape index (κ1) is 15.5. The van der Waals surface area contributed by atoms with Gasteiger partial charge in [-0.3, -0.25) is 4.72 Å². The Bertz CT molecular complexity index is 722. The summed E-state index contributed by atoms with van der Waals surface area (Å²) >= 11 is 0. The number of hydrogen-bond acceptors (Lipinski definition) is 4. The molecule has 0 aliphatic rings. The van der Waals surface area contributed by atoms with E-state index in [-0.39, 0.29) is 5.75 Å². The fourth-order valence-electron chi connectivity index (χ4n) is 2.19. The second-order valence-electron chi connectivity index (χ2n) is 5.01. The Morgan fingerprint density at radius 1 is 1.14 bits per heavy atom. The van der Waals surface area contributed by atoms with Crippen molar-refractivity contribution in [3.05, 3.63) is 58.8 Å². The highest BCUT2D eigenvalue weighted by Gasteiger charge is 2.14. The monoisotopic (exact) mass is 305 g/mol. The molecule has 1 aromatic heterocycles. The third-order valence-corrected chi connectivity index (χ3v) is 4.25. The minimum atomic E-state index is -3.52. The van der Waals surface area contributed by atoms with Crippen LogP contribution in [0, 0.1) is 13.8 Å². The van der Waals surface area contributed by atoms with Crippen molar-refractivity contribution in [1.82, 2.24) is 4.98 Å². The zero-order chi connectivity index (χ0) is 15.5. The highest BCUT2D eigenvalue weighted by atomic mass is 32.2. The maximum atomic E-state index is 12.3. The van der Waals surface area contributed by atoms with E-state index in [0.717, 1.165) is 16.8 Å². The van der Waals surface area contributed by atoms with Crippen LogP contribution in [0.1, 0.15) is 22.4 Å². The molecule has 0 unspecified atom stereocenters. The molecule has 2 rings (SSSR count). The highest BCUT2D eigenvalue weighted by molar-refractivity contribution is 7.91. The van der Waals surface area contributed by atoms with E-state index in [9.17, 15) is 8.42 Å². The Morgan fingerprint density at radius 2 is 1.81 bits per heavy atom. The maximum absolute atomic E-state index is 12.3. The molecule has 21 heavy (non-hydrogen) atoms. The summed E-state index contributed by atoms with van der Waals surface area (Å²) in [6.07, 6.45) is 0. The van der Waals surface area contributed by atoms with E-state index in [4.69, 9.17) is 5.73 Å². The van der Waals surface area contributed by atoms with E-state index in [2.05, 4.69) is 9.71 Å². The van der Waals surface area contributed by atoms with Crippen molar-refractivity contribution < 1.29 is 8.42 Å². The molecular weight excluding hydrogens is 286 g/mol. The SMILES string of the molecule is Cc1cc(C)nc(NS(=O)(=O)Cc2ccccc2CN)c1. The fraction of sp³-hybridized carbons (Fsp3) is 0.267. The van der Waals surface area contributed by atoms with Gasteiger partial charge >= 0.3 is 0 Å². The molecule has 0 amide bonds. The first-order valence-corrected chi connectivity index (χ1v) is 8.27. The van der Waals surface area contributed by atoms with Gasteiger partial charge in [0, 0.05) is 12.2 Å². The second kappa shape index (κ2) is 6.24. The summed E-state index contributed by atoms with van der Waals surface area (Å²) < 4.78 is 27.1. The van der Waals surface area contributed by atoms with E-state index in [0.29, 0.717) is 17.9 Å². The minimum Gasteiger partial charge on any atom is -0.326 e. The quantitative estimate of drug-likeness (QED) is 0.886. The molecule has 0 aliphatic carbocycles. The summed E-state index contributed by atoms with van der Waals surface area (Å²) in [5.41, 5.74) is 8.90. The molecule has 0 radical (unpaired) electrons. The molecule has 3 N–H and O–H groups in total. The van der Waals surface area contributed by atoms with Gasteiger partial charge in [-0.25, -0.2) is 13.4 Å². The summed E-state index contributed by atoms with van der Waals surface area (Å²) in [7, 11) is -3.52. The van der Waals surface area contributed by atoms with Crippen LogP contribution < -0.4 is 10.5 Å². The van der Waals surface area contributed by atoms with Crippen molar-refractivity contribution in [2.45, 2.75) is 26.1 Å². The van der Waals surface area contributed by atoms with Crippen LogP contribution in [0.5, 0.6) is 0 Å². The lowest BCUT2D eigenvalue weighted by atomic mass is 10.1. The molecule has 112 valence electrons. The molecule has 0 spiro atoms. The normalized spacial score (nSPS) is 11.4. The third kappa shape index (κ3) is 4.27. The lowest BCUT2D eigenvalue weighted by Gasteiger charge is -2.11. The zero-order valence-electron chi connectivity index (χ0n) is 12.1. The van der Waals surface area contributed by atoms with Gasteiger partial charge in [-0.05, 0) is 42.7 Å². The molecule has 5 nitrogen and oxygen atoms in total. The van der Waals surface area contributed by atoms with Crippen molar-refractivity contribution >= 4 is 15.8 Å². The van der Waals surface area contributed by atoms with Gasteiger partial charge in [-0.1, -0.05) is 24.3 Å². The van der Waals surface area contributed by atoms with Crippen LogP contribution >= 0.6 is 0 Å². The Hall–Kier alpha value is -1.92. The Balaban J connectivity index is 2.22. The lowest BCUT2D eigenvalue weighted by molar-refractivity contribution is 0.600. The highest BCUT2D eigenvalue weighted by Crippen LogP contribution is 2.15. The van der Waals surface area contributed by atoms with Crippen molar-refractivity contribution in [2.24, 2.45) is 5.73 Å². The largest absolute Gasteiger partial charge is 0.326 e. The molecular formula is C15H19N3O2S. The first-order valence-electron chi connectivity index (χ1n) is 6.62. The number of nitrogens with one attached hydrogen (secondary N) is 1. The molecule has 0 bridgehead atoms. The molecule has 0 atom stereocenters. The number of aromatic nitrogens is 1. The molecule has 6 heteroatoms. The van der Waals surface area contributed by atoms with Crippen molar-refractivity contribution in [1.29, 1.82) is 0 Å². The molecule has 2 aromatic rings. The van der Waals surface area contributed by atoms with Gasteiger partial charge in [-0.15, -0.1) is 0 Å². The van der Waals surface area contributed by atoms with Crippen LogP contribution in [0.2, 0.25) is 0 Å². The standard InChI is InChI=1S/C15H19N3O2S/c1-11-7-12(2)17-15(8-11)18-21(19,20)10-14-6-4-3-5-13(14)9-16/h3-8H,9-10,16H2,1-2H3,(H,17,18). The summed E-state index contributed by atoms with van der Waals surface area (Å²) in [5.74, 6) is 0.229. The number of pyridine rings is 1. The van der Waals surface area contributed by atoms with E-state index in [1.807, 2.05) is 32.0 Å². The summed E-state index contributed by atoms with van der Waals surface area (Å²) in [6.45, 7) is 4.04. The van der Waals surface area contributed by atoms with Crippen LogP contribution in [0.15, 0.2) is 36.4 Å². The number of hydrogen-bond donors (Lipinski definition) is 2. The number of nitrogens with zero attached hydrogens (tertiary/aromatic N) is 1. The van der Waals surface area contributed by atoms with Crippen molar-refractivity contribution in [3.63, 3.8) is 0 Å². The van der Waals surface area contributed by atoms with Crippen LogP contribution in [0.25, 0.3) is 0 Å². The van der Waals surface area contributed by atoms with E-state index >= 15 is 0 Å². The predicted octanol–water partition coefficient (Wildman–Crippen LogP) is 2.10. The molecule has 0 aliphatic heterocycles. The molecule has 0 saturated carbocycles. The minimum absolute atomic E-state index is 0.116. The molecule has 0 saturated heterocycles. The van der Waals surface area contributed by atoms with Crippen LogP contribution in [0.4, 0.5) is 5.82 Å². The average molecular weight is 305 g/mol. The van der Waals surface area contributed by atoms with Gasteiger partial charge in [0.05, 0.1) is 5.75 Å². The molecule has 0 fully saturated rings. The van der Waals surface area contributed by atoms with E-state index < -0.39 is 10.0 Å². The first-order chi connectivity index (χ1) is 9.89. The Labute approximate surface area is 125 Å². The summed E-state index contributed by atoms with van der Waals surface area (Å²) in [5, 5.41) is 0. The van der Waals surface area contributed by atoms with Gasteiger partial charge in [0.1, 0.15) is 5.82 Å². The third-order valence-electron chi connectivity index (χ3n) is 3.04. The number of rotatable bonds is 5.